The van der Waals surface area contributed by atoms with Gasteiger partial charge >= 0.3 is 0 Å². The normalized spacial score (nSPS) is 25.3. The van der Waals surface area contributed by atoms with Gasteiger partial charge in [0.2, 0.25) is 17.7 Å². The summed E-state index contributed by atoms with van der Waals surface area (Å²) in [4.78, 5) is 38.2. The van der Waals surface area contributed by atoms with Crippen LogP contribution in [0.25, 0.3) is 0 Å². The molecule has 0 spiro atoms. The number of carbonyl (C=O) groups is 3. The van der Waals surface area contributed by atoms with Gasteiger partial charge in [0, 0.05) is 22.7 Å². The van der Waals surface area contributed by atoms with Crippen molar-refractivity contribution in [3.8, 4) is 0 Å². The lowest BCUT2D eigenvalue weighted by molar-refractivity contribution is -0.121. The molecule has 1 aromatic carbocycles. The van der Waals surface area contributed by atoms with Crippen molar-refractivity contribution < 1.29 is 14.4 Å². The lowest BCUT2D eigenvalue weighted by Crippen LogP contribution is -2.32. The third-order valence-corrected chi connectivity index (χ3v) is 9.45. The Kier molecular flexibility index (Phi) is 8.57. The van der Waals surface area contributed by atoms with Crippen molar-refractivity contribution in [1.29, 1.82) is 0 Å². The first-order valence-electron chi connectivity index (χ1n) is 13.8. The van der Waals surface area contributed by atoms with Crippen molar-refractivity contribution in [2.45, 2.75) is 105 Å². The van der Waals surface area contributed by atoms with Crippen LogP contribution in [-0.4, -0.2) is 17.7 Å². The average Bonchev–Trinajstić information content (AvgIpc) is 2.83. The average molecular weight is 498 g/mol. The number of amides is 3. The number of rotatable bonds is 7. The van der Waals surface area contributed by atoms with E-state index in [2.05, 4.69) is 46.9 Å². The van der Waals surface area contributed by atoms with E-state index in [1.807, 2.05) is 0 Å². The van der Waals surface area contributed by atoms with Crippen molar-refractivity contribution >= 4 is 23.4 Å². The Morgan fingerprint density at radius 1 is 0.806 bits per heavy atom. The van der Waals surface area contributed by atoms with Crippen LogP contribution in [0.4, 0.5) is 5.69 Å². The predicted molar refractivity (Wildman–Crippen MR) is 146 cm³/mol. The maximum Gasteiger partial charge on any atom is 0.249 e. The second kappa shape index (κ2) is 10.9. The maximum absolute atomic E-state index is 13.1. The molecule has 0 aromatic heterocycles. The molecule has 36 heavy (non-hydrogen) atoms. The molecule has 3 amide bonds. The maximum atomic E-state index is 13.1. The van der Waals surface area contributed by atoms with Crippen LogP contribution >= 0.6 is 0 Å². The van der Waals surface area contributed by atoms with Gasteiger partial charge in [-0.3, -0.25) is 14.4 Å². The van der Waals surface area contributed by atoms with Crippen molar-refractivity contribution in [1.82, 2.24) is 0 Å². The molecular formula is C30H47N3O3. The Hall–Kier alpha value is -2.37. The highest BCUT2D eigenvalue weighted by atomic mass is 16.2. The number of primary amides is 2. The Morgan fingerprint density at radius 3 is 1.69 bits per heavy atom. The smallest absolute Gasteiger partial charge is 0.249 e. The number of hydrogen-bond acceptors (Lipinski definition) is 3. The molecule has 2 aliphatic rings. The van der Waals surface area contributed by atoms with E-state index in [9.17, 15) is 14.4 Å². The summed E-state index contributed by atoms with van der Waals surface area (Å²) in [5.74, 6) is -0.0498. The van der Waals surface area contributed by atoms with Gasteiger partial charge in [-0.15, -0.1) is 0 Å². The minimum atomic E-state index is -0.592. The fourth-order valence-electron chi connectivity index (χ4n) is 6.49. The highest BCUT2D eigenvalue weighted by Crippen LogP contribution is 2.46. The van der Waals surface area contributed by atoms with Crippen molar-refractivity contribution in [2.24, 2.45) is 40.1 Å². The van der Waals surface area contributed by atoms with Crippen LogP contribution in [0.3, 0.4) is 0 Å². The first kappa shape index (κ1) is 28.2. The standard InChI is InChI=1S/C30H47N3O3/c1-7-30(5,6)21-14-8-18(9-15-21)25-23(26(31)34)16-22(17-24(25)27(32)35)33-28(36)19-10-12-20(13-11-19)29(2,3)4/h16-21H,7-15H2,1-6H3,(H2,31,34)(H2,32,35)(H,33,36)/t18-,19-,20+,21+. The Labute approximate surface area is 217 Å². The zero-order chi connectivity index (χ0) is 26.8. The van der Waals surface area contributed by atoms with Gasteiger partial charge in [-0.05, 0) is 97.6 Å². The van der Waals surface area contributed by atoms with E-state index in [-0.39, 0.29) is 28.6 Å². The number of hydrogen-bond donors (Lipinski definition) is 3. The monoisotopic (exact) mass is 497 g/mol. The van der Waals surface area contributed by atoms with Crippen LogP contribution in [0.2, 0.25) is 0 Å². The first-order valence-corrected chi connectivity index (χ1v) is 13.8. The summed E-state index contributed by atoms with van der Waals surface area (Å²) >= 11 is 0. The highest BCUT2D eigenvalue weighted by Gasteiger charge is 2.36. The fraction of sp³-hybridized carbons (Fsp3) is 0.700. The van der Waals surface area contributed by atoms with Gasteiger partial charge in [0.15, 0.2) is 0 Å². The Morgan fingerprint density at radius 2 is 1.28 bits per heavy atom. The van der Waals surface area contributed by atoms with E-state index in [1.54, 1.807) is 12.1 Å². The van der Waals surface area contributed by atoms with Crippen molar-refractivity contribution in [2.75, 3.05) is 5.32 Å². The largest absolute Gasteiger partial charge is 0.366 e. The van der Waals surface area contributed by atoms with E-state index in [0.29, 0.717) is 34.2 Å². The Bertz CT molecular complexity index is 941. The molecule has 6 heteroatoms. The third-order valence-electron chi connectivity index (χ3n) is 9.45. The highest BCUT2D eigenvalue weighted by molar-refractivity contribution is 6.04. The van der Waals surface area contributed by atoms with Crippen LogP contribution in [-0.2, 0) is 4.79 Å². The second-order valence-electron chi connectivity index (χ2n) is 13.0. The van der Waals surface area contributed by atoms with Gasteiger partial charge in [-0.2, -0.15) is 0 Å². The van der Waals surface area contributed by atoms with Gasteiger partial charge < -0.3 is 16.8 Å². The zero-order valence-electron chi connectivity index (χ0n) is 23.2. The summed E-state index contributed by atoms with van der Waals surface area (Å²) < 4.78 is 0. The predicted octanol–water partition coefficient (Wildman–Crippen LogP) is 6.39. The summed E-state index contributed by atoms with van der Waals surface area (Å²) in [6.45, 7) is 13.6. The molecule has 0 bridgehead atoms. The molecule has 0 atom stereocenters. The second-order valence-corrected chi connectivity index (χ2v) is 13.0. The van der Waals surface area contributed by atoms with Crippen LogP contribution in [0, 0.1) is 28.6 Å². The number of nitrogens with one attached hydrogen (secondary N) is 1. The minimum absolute atomic E-state index is 0.0522. The number of benzene rings is 1. The number of anilines is 1. The lowest BCUT2D eigenvalue weighted by atomic mass is 9.66. The number of carbonyl (C=O) groups excluding carboxylic acids is 3. The molecule has 2 saturated carbocycles. The van der Waals surface area contributed by atoms with Gasteiger partial charge in [-0.1, -0.05) is 48.0 Å². The van der Waals surface area contributed by atoms with Crippen molar-refractivity contribution in [3.05, 3.63) is 28.8 Å². The Balaban J connectivity index is 1.81. The summed E-state index contributed by atoms with van der Waals surface area (Å²) in [7, 11) is 0. The van der Waals surface area contributed by atoms with Crippen molar-refractivity contribution in [3.63, 3.8) is 0 Å². The molecule has 0 radical (unpaired) electrons. The topological polar surface area (TPSA) is 115 Å². The zero-order valence-corrected chi connectivity index (χ0v) is 23.2. The van der Waals surface area contributed by atoms with Crippen LogP contribution < -0.4 is 16.8 Å². The molecule has 5 N–H and O–H groups in total. The molecule has 2 aliphatic carbocycles. The van der Waals surface area contributed by atoms with Crippen LogP contribution in [0.1, 0.15) is 132 Å². The van der Waals surface area contributed by atoms with E-state index in [0.717, 1.165) is 57.8 Å². The molecular weight excluding hydrogens is 450 g/mol. The first-order chi connectivity index (χ1) is 16.7. The minimum Gasteiger partial charge on any atom is -0.366 e. The summed E-state index contributed by atoms with van der Waals surface area (Å²) in [6.07, 6.45) is 8.70. The van der Waals surface area contributed by atoms with Gasteiger partial charge in [0.05, 0.1) is 0 Å². The summed E-state index contributed by atoms with van der Waals surface area (Å²) in [6, 6.07) is 3.29. The molecule has 1 aromatic rings. The molecule has 0 unspecified atom stereocenters. The molecule has 0 heterocycles. The molecule has 0 aliphatic heterocycles. The quantitative estimate of drug-likeness (QED) is 0.405. The van der Waals surface area contributed by atoms with E-state index in [4.69, 9.17) is 11.5 Å². The molecule has 6 nitrogen and oxygen atoms in total. The van der Waals surface area contributed by atoms with Crippen LogP contribution in [0.5, 0.6) is 0 Å². The fourth-order valence-corrected chi connectivity index (χ4v) is 6.49. The van der Waals surface area contributed by atoms with E-state index >= 15 is 0 Å². The van der Waals surface area contributed by atoms with Gasteiger partial charge in [0.1, 0.15) is 0 Å². The van der Waals surface area contributed by atoms with E-state index < -0.39 is 11.8 Å². The van der Waals surface area contributed by atoms with E-state index in [1.165, 1.54) is 0 Å². The third kappa shape index (κ3) is 6.30. The van der Waals surface area contributed by atoms with Gasteiger partial charge in [-0.25, -0.2) is 0 Å². The summed E-state index contributed by atoms with van der Waals surface area (Å²) in [5, 5.41) is 2.97. The molecule has 3 rings (SSSR count). The van der Waals surface area contributed by atoms with Crippen LogP contribution in [0.15, 0.2) is 12.1 Å². The number of nitrogens with two attached hydrogens (primary N) is 2. The lowest BCUT2D eigenvalue weighted by Gasteiger charge is -2.39. The molecule has 2 fully saturated rings. The van der Waals surface area contributed by atoms with Gasteiger partial charge in [0.25, 0.3) is 0 Å². The SMILES string of the molecule is CCC(C)(C)[C@H]1CC[C@@H](c2c(C(N)=O)cc(NC(=O)[C@H]3CC[C@@H](C(C)(C)C)CC3)cc2C(N)=O)CC1. The molecule has 200 valence electrons. The molecule has 0 saturated heterocycles. The summed E-state index contributed by atoms with van der Waals surface area (Å²) in [5.41, 5.74) is 13.8.